The van der Waals surface area contributed by atoms with Gasteiger partial charge in [-0.1, -0.05) is 40.2 Å². The van der Waals surface area contributed by atoms with E-state index in [-0.39, 0.29) is 25.0 Å². The highest BCUT2D eigenvalue weighted by atomic mass is 79.9. The van der Waals surface area contributed by atoms with Crippen molar-refractivity contribution in [3.05, 3.63) is 99.8 Å². The van der Waals surface area contributed by atoms with Gasteiger partial charge in [0.05, 0.1) is 24.0 Å². The number of aromatic nitrogens is 3. The summed E-state index contributed by atoms with van der Waals surface area (Å²) in [5, 5.41) is 20.4. The summed E-state index contributed by atoms with van der Waals surface area (Å²) in [5.41, 5.74) is 8.50. The van der Waals surface area contributed by atoms with Crippen LogP contribution in [-0.4, -0.2) is 53.0 Å². The second-order valence-electron chi connectivity index (χ2n) is 12.8. The highest BCUT2D eigenvalue weighted by Gasteiger charge is 2.66. The predicted octanol–water partition coefficient (Wildman–Crippen LogP) is 5.82. The van der Waals surface area contributed by atoms with E-state index in [1.807, 2.05) is 43.3 Å². The van der Waals surface area contributed by atoms with Gasteiger partial charge in [0.25, 0.3) is 11.8 Å². The number of fused-ring (bicyclic) bond motifs is 2. The number of hydrogen-bond donors (Lipinski definition) is 3. The number of aliphatic hydroxyl groups is 1. The number of nitrogens with zero attached hydrogens (tertiary/aromatic N) is 4. The van der Waals surface area contributed by atoms with Gasteiger partial charge < -0.3 is 29.9 Å². The lowest BCUT2D eigenvalue weighted by molar-refractivity contribution is -0.146. The summed E-state index contributed by atoms with van der Waals surface area (Å²) in [6.45, 7) is 5.95. The molecule has 0 aliphatic carbocycles. The van der Waals surface area contributed by atoms with E-state index in [1.165, 1.54) is 0 Å². The molecule has 4 atom stereocenters. The van der Waals surface area contributed by atoms with Crippen molar-refractivity contribution in [3.63, 3.8) is 0 Å². The van der Waals surface area contributed by atoms with Crippen molar-refractivity contribution in [1.29, 1.82) is 0 Å². The molecule has 1 saturated heterocycles. The first-order valence-corrected chi connectivity index (χ1v) is 19.4. The summed E-state index contributed by atoms with van der Waals surface area (Å²) in [6.07, 6.45) is 2.11. The number of carbonyl (C=O) groups excluding carboxylic acids is 2. The van der Waals surface area contributed by atoms with Gasteiger partial charge in [-0.25, -0.2) is 0 Å². The highest BCUT2D eigenvalue weighted by Crippen LogP contribution is 2.60. The second-order valence-corrected chi connectivity index (χ2v) is 17.5. The first-order chi connectivity index (χ1) is 22.4. The van der Waals surface area contributed by atoms with E-state index in [4.69, 9.17) is 10.5 Å². The average Bonchev–Trinajstić information content (AvgIpc) is 3.66. The van der Waals surface area contributed by atoms with Gasteiger partial charge in [0, 0.05) is 64.2 Å². The number of nitrogens with one attached hydrogen (secondary N) is 1. The topological polar surface area (TPSA) is 136 Å². The minimum absolute atomic E-state index is 0.0235. The minimum atomic E-state index is -3.34. The first kappa shape index (κ1) is 33.0. The molecule has 1 spiro atoms. The van der Waals surface area contributed by atoms with Gasteiger partial charge in [-0.15, -0.1) is 5.10 Å². The number of nitrogen functional groups attached to an aromatic ring is 1. The first-order valence-electron chi connectivity index (χ1n) is 15.6. The molecule has 0 bridgehead atoms. The quantitative estimate of drug-likeness (QED) is 0.107. The number of amides is 2. The van der Waals surface area contributed by atoms with E-state index in [0.29, 0.717) is 53.3 Å². The van der Waals surface area contributed by atoms with E-state index >= 15 is 4.11 Å². The van der Waals surface area contributed by atoms with Crippen LogP contribution in [0.3, 0.4) is 0 Å². The Bertz CT molecular complexity index is 1800. The van der Waals surface area contributed by atoms with Crippen molar-refractivity contribution in [1.82, 2.24) is 15.0 Å². The molecule has 0 unspecified atom stereocenters. The molecule has 3 aromatic carbocycles. The molecular weight excluding hydrogens is 683 g/mol. The number of ether oxygens (including phenoxy) is 1. The Morgan fingerprint density at radius 3 is 2.66 bits per heavy atom. The monoisotopic (exact) mass is 720 g/mol. The zero-order chi connectivity index (χ0) is 33.5. The Kier molecular flexibility index (Phi) is 9.09. The molecule has 1 fully saturated rings. The lowest BCUT2D eigenvalue weighted by Gasteiger charge is -2.31. The van der Waals surface area contributed by atoms with E-state index in [1.54, 1.807) is 59.2 Å². The van der Waals surface area contributed by atoms with Crippen LogP contribution < -0.4 is 16.0 Å². The van der Waals surface area contributed by atoms with Crippen LogP contribution in [0, 0.1) is 5.92 Å². The molecule has 3 heterocycles. The molecule has 6 rings (SSSR count). The van der Waals surface area contributed by atoms with Gasteiger partial charge in [0.2, 0.25) is 8.41 Å². The molecule has 2 aliphatic rings. The lowest BCUT2D eigenvalue weighted by Crippen LogP contribution is -2.45. The third-order valence-corrected chi connectivity index (χ3v) is 12.2. The smallest absolute Gasteiger partial charge is 0.264 e. The van der Waals surface area contributed by atoms with Crippen LogP contribution >= 0.6 is 15.9 Å². The summed E-state index contributed by atoms with van der Waals surface area (Å²) in [4.78, 5) is 29.3. The van der Waals surface area contributed by atoms with Crippen molar-refractivity contribution in [2.75, 3.05) is 22.6 Å². The molecule has 246 valence electrons. The summed E-state index contributed by atoms with van der Waals surface area (Å²) >= 11 is 3.59. The van der Waals surface area contributed by atoms with E-state index in [0.717, 1.165) is 10.0 Å². The van der Waals surface area contributed by atoms with Crippen molar-refractivity contribution in [2.45, 2.75) is 63.2 Å². The number of aryl methyl sites for hydroxylation is 1. The summed E-state index contributed by atoms with van der Waals surface area (Å²) in [7, 11) is -3.34. The van der Waals surface area contributed by atoms with Crippen molar-refractivity contribution < 1.29 is 23.5 Å². The van der Waals surface area contributed by atoms with Gasteiger partial charge in [-0.05, 0) is 79.7 Å². The largest absolute Gasteiger partial charge is 0.399 e. The molecule has 4 aromatic rings. The zero-order valence-electron chi connectivity index (χ0n) is 26.5. The van der Waals surface area contributed by atoms with Crippen LogP contribution in [0.2, 0.25) is 18.6 Å². The normalized spacial score (nSPS) is 22.2. The third kappa shape index (κ3) is 6.36. The van der Waals surface area contributed by atoms with Gasteiger partial charge in [0.15, 0.2) is 5.60 Å². The van der Waals surface area contributed by atoms with Crippen LogP contribution in [0.25, 0.3) is 0 Å². The van der Waals surface area contributed by atoms with Crippen molar-refractivity contribution >= 4 is 53.2 Å². The van der Waals surface area contributed by atoms with Gasteiger partial charge in [-0.3, -0.25) is 14.3 Å². The molecule has 0 saturated carbocycles. The molecule has 0 radical (unpaired) electrons. The number of hydrogen-bond acceptors (Lipinski definition) is 7. The maximum Gasteiger partial charge on any atom is 0.264 e. The number of nitrogens with two attached hydrogens (primary N) is 1. The minimum Gasteiger partial charge on any atom is -0.399 e. The highest BCUT2D eigenvalue weighted by molar-refractivity contribution is 9.10. The lowest BCUT2D eigenvalue weighted by atomic mass is 9.82. The fraction of sp³-hybridized carbons (Fsp3) is 0.353. The Hall–Kier alpha value is -3.91. The van der Waals surface area contributed by atoms with Crippen molar-refractivity contribution in [3.8, 4) is 0 Å². The molecule has 2 aliphatic heterocycles. The molecule has 13 heteroatoms. The number of aliphatic hydroxyl groups excluding tert-OH is 1. The molecule has 10 nitrogen and oxygen atoms in total. The molecule has 1 aromatic heterocycles. The standard InChI is InChI=1S/C34H38BrFN6O4Si/c1-21-31(47(2,3)36)30(13-15-41-20-27(14-16-43)39-40-41)46-34(21)28-18-24(35)9-12-29(28)42(33(34)45)19-22-5-4-6-26(17-22)38-32(44)23-7-10-25(37)11-8-23/h4-12,17-18,20-21,30-31,43H,13-16,19,37H2,1-3H3,(H,38,44)/t21-,30+,31-,34+/m0/s1. The van der Waals surface area contributed by atoms with E-state index in [9.17, 15) is 14.7 Å². The van der Waals surface area contributed by atoms with Crippen LogP contribution in [0.5, 0.6) is 0 Å². The molecular formula is C34H38BrFN6O4Si. The Morgan fingerprint density at radius 1 is 1.17 bits per heavy atom. The summed E-state index contributed by atoms with van der Waals surface area (Å²) < 4.78 is 25.5. The van der Waals surface area contributed by atoms with Gasteiger partial charge in [0.1, 0.15) is 0 Å². The fourth-order valence-electron chi connectivity index (χ4n) is 7.15. The SMILES string of the molecule is C[C@H]1[C@H]([Si](C)(C)F)[C@@H](CCn2cc(CCO)nn2)O[C@]12C(=O)N(Cc1cccc(NC(=O)c3ccc(N)cc3)c1)c1ccc(Br)cc12. The maximum atomic E-state index is 16.2. The predicted molar refractivity (Wildman–Crippen MR) is 184 cm³/mol. The van der Waals surface area contributed by atoms with Crippen LogP contribution in [0.1, 0.15) is 40.5 Å². The molecule has 4 N–H and O–H groups in total. The van der Waals surface area contributed by atoms with E-state index < -0.39 is 31.6 Å². The number of carbonyl (C=O) groups is 2. The number of anilines is 3. The average molecular weight is 722 g/mol. The van der Waals surface area contributed by atoms with Crippen molar-refractivity contribution in [2.24, 2.45) is 5.92 Å². The number of benzene rings is 3. The van der Waals surface area contributed by atoms with Crippen LogP contribution in [0.4, 0.5) is 21.2 Å². The van der Waals surface area contributed by atoms with E-state index in [2.05, 4.69) is 31.6 Å². The van der Waals surface area contributed by atoms with Gasteiger partial charge in [-0.2, -0.15) is 0 Å². The van der Waals surface area contributed by atoms with Crippen LogP contribution in [0.15, 0.2) is 77.4 Å². The fourth-order valence-corrected chi connectivity index (χ4v) is 10.1. The Labute approximate surface area is 282 Å². The maximum absolute atomic E-state index is 16.2. The van der Waals surface area contributed by atoms with Crippen LogP contribution in [-0.2, 0) is 34.6 Å². The second kappa shape index (κ2) is 12.9. The number of halogens is 2. The Balaban J connectivity index is 1.28. The third-order valence-electron chi connectivity index (χ3n) is 9.22. The van der Waals surface area contributed by atoms with Gasteiger partial charge >= 0.3 is 0 Å². The molecule has 2 amide bonds. The summed E-state index contributed by atoms with van der Waals surface area (Å²) in [5.74, 6) is -0.936. The molecule has 47 heavy (non-hydrogen) atoms. The Morgan fingerprint density at radius 2 is 1.94 bits per heavy atom. The zero-order valence-corrected chi connectivity index (χ0v) is 29.1. The number of rotatable bonds is 10. The summed E-state index contributed by atoms with van der Waals surface area (Å²) in [6, 6.07) is 19.8.